The van der Waals surface area contributed by atoms with Crippen molar-refractivity contribution in [2.45, 2.75) is 27.3 Å². The van der Waals surface area contributed by atoms with E-state index in [4.69, 9.17) is 0 Å². The summed E-state index contributed by atoms with van der Waals surface area (Å²) < 4.78 is 25.9. The number of anilines is 1. The highest BCUT2D eigenvalue weighted by atomic mass is 32.2. The van der Waals surface area contributed by atoms with E-state index in [1.807, 2.05) is 63.2 Å². The summed E-state index contributed by atoms with van der Waals surface area (Å²) in [5, 5.41) is 0. The summed E-state index contributed by atoms with van der Waals surface area (Å²) in [6, 6.07) is 13.7. The van der Waals surface area contributed by atoms with E-state index >= 15 is 0 Å². The average Bonchev–Trinajstić information content (AvgIpc) is 2.40. The maximum atomic E-state index is 12.2. The molecule has 2 aromatic rings. The molecular formula is C17H21NO2S. The Balaban J connectivity index is 2.45. The second-order valence-corrected chi connectivity index (χ2v) is 7.38. The number of aryl methyl sites for hydroxylation is 2. The molecule has 0 aliphatic heterocycles. The van der Waals surface area contributed by atoms with Crippen LogP contribution < -0.4 is 4.31 Å². The van der Waals surface area contributed by atoms with Crippen molar-refractivity contribution in [1.82, 2.24) is 0 Å². The number of nitrogens with zero attached hydrogens (tertiary/aromatic N) is 1. The molecule has 0 fully saturated rings. The highest BCUT2D eigenvalue weighted by molar-refractivity contribution is 7.92. The Kier molecular flexibility index (Phi) is 4.37. The van der Waals surface area contributed by atoms with E-state index in [1.165, 1.54) is 10.6 Å². The van der Waals surface area contributed by atoms with Crippen molar-refractivity contribution in [3.05, 3.63) is 64.7 Å². The lowest BCUT2D eigenvalue weighted by Gasteiger charge is -2.25. The van der Waals surface area contributed by atoms with Crippen molar-refractivity contribution >= 4 is 15.7 Å². The molecule has 0 N–H and O–H groups in total. The largest absolute Gasteiger partial charge is 0.266 e. The lowest BCUT2D eigenvalue weighted by molar-refractivity contribution is 0.596. The lowest BCUT2D eigenvalue weighted by Crippen LogP contribution is -2.30. The highest BCUT2D eigenvalue weighted by Gasteiger charge is 2.20. The second-order valence-electron chi connectivity index (χ2n) is 5.47. The molecule has 0 saturated heterocycles. The number of hydrogen-bond donors (Lipinski definition) is 0. The molecule has 0 radical (unpaired) electrons. The van der Waals surface area contributed by atoms with Gasteiger partial charge in [-0.25, -0.2) is 8.42 Å². The Morgan fingerprint density at radius 2 is 1.57 bits per heavy atom. The first-order chi connectivity index (χ1) is 9.79. The summed E-state index contributed by atoms with van der Waals surface area (Å²) in [5.74, 6) is 0. The van der Waals surface area contributed by atoms with Crippen LogP contribution in [0, 0.1) is 20.8 Å². The molecule has 4 heteroatoms. The molecule has 0 saturated carbocycles. The van der Waals surface area contributed by atoms with Crippen LogP contribution in [0.25, 0.3) is 0 Å². The van der Waals surface area contributed by atoms with Crippen molar-refractivity contribution in [3.63, 3.8) is 0 Å². The van der Waals surface area contributed by atoms with Crippen LogP contribution in [0.5, 0.6) is 0 Å². The number of sulfonamides is 1. The fourth-order valence-electron chi connectivity index (χ4n) is 2.25. The van der Waals surface area contributed by atoms with E-state index in [0.29, 0.717) is 6.54 Å². The van der Waals surface area contributed by atoms with Crippen molar-refractivity contribution in [2.24, 2.45) is 0 Å². The molecule has 0 aromatic heterocycles. The van der Waals surface area contributed by atoms with Crippen molar-refractivity contribution < 1.29 is 8.42 Å². The van der Waals surface area contributed by atoms with Crippen molar-refractivity contribution in [2.75, 3.05) is 10.6 Å². The van der Waals surface area contributed by atoms with E-state index in [-0.39, 0.29) is 0 Å². The fraction of sp³-hybridized carbons (Fsp3) is 0.294. The molecule has 0 unspecified atom stereocenters. The zero-order chi connectivity index (χ0) is 15.6. The third kappa shape index (κ3) is 3.64. The van der Waals surface area contributed by atoms with Gasteiger partial charge in [-0.1, -0.05) is 42.0 Å². The maximum Gasteiger partial charge on any atom is 0.232 e. The minimum atomic E-state index is -3.33. The molecule has 0 amide bonds. The van der Waals surface area contributed by atoms with Gasteiger partial charge in [0.05, 0.1) is 18.5 Å². The monoisotopic (exact) mass is 303 g/mol. The van der Waals surface area contributed by atoms with Gasteiger partial charge in [0, 0.05) is 0 Å². The molecule has 0 bridgehead atoms. The van der Waals surface area contributed by atoms with Gasteiger partial charge in [-0.15, -0.1) is 0 Å². The topological polar surface area (TPSA) is 37.4 Å². The standard InChI is InChI=1S/C17H21NO2S/c1-13-8-10-16(11-9-13)12-18(21(4,19)20)17-7-5-6-14(2)15(17)3/h5-11H,12H2,1-4H3. The molecule has 3 nitrogen and oxygen atoms in total. The van der Waals surface area contributed by atoms with E-state index in [9.17, 15) is 8.42 Å². The lowest BCUT2D eigenvalue weighted by atomic mass is 10.1. The van der Waals surface area contributed by atoms with E-state index in [2.05, 4.69) is 0 Å². The third-order valence-corrected chi connectivity index (χ3v) is 4.82. The summed E-state index contributed by atoms with van der Waals surface area (Å²) in [7, 11) is -3.33. The predicted octanol–water partition coefficient (Wildman–Crippen LogP) is 3.58. The first-order valence-corrected chi connectivity index (χ1v) is 8.73. The van der Waals surface area contributed by atoms with Crippen molar-refractivity contribution in [3.8, 4) is 0 Å². The Hall–Kier alpha value is -1.81. The van der Waals surface area contributed by atoms with Crippen LogP contribution in [0.4, 0.5) is 5.69 Å². The SMILES string of the molecule is Cc1ccc(CN(c2cccc(C)c2C)S(C)(=O)=O)cc1. The van der Waals surface area contributed by atoms with Crippen LogP contribution >= 0.6 is 0 Å². The number of rotatable bonds is 4. The quantitative estimate of drug-likeness (QED) is 0.866. The van der Waals surface area contributed by atoms with Gasteiger partial charge in [0.25, 0.3) is 0 Å². The summed E-state index contributed by atoms with van der Waals surface area (Å²) in [6.45, 7) is 6.31. The fourth-order valence-corrected chi connectivity index (χ4v) is 3.18. The zero-order valence-corrected chi connectivity index (χ0v) is 13.7. The van der Waals surface area contributed by atoms with Crippen LogP contribution in [-0.2, 0) is 16.6 Å². The summed E-state index contributed by atoms with van der Waals surface area (Å²) in [5.41, 5.74) is 4.97. The first kappa shape index (κ1) is 15.6. The smallest absolute Gasteiger partial charge is 0.232 e. The van der Waals surface area contributed by atoms with Gasteiger partial charge in [-0.3, -0.25) is 4.31 Å². The summed E-state index contributed by atoms with van der Waals surface area (Å²) in [6.07, 6.45) is 1.25. The van der Waals surface area contributed by atoms with Crippen LogP contribution in [-0.4, -0.2) is 14.7 Å². The highest BCUT2D eigenvalue weighted by Crippen LogP contribution is 2.26. The van der Waals surface area contributed by atoms with Gasteiger partial charge >= 0.3 is 0 Å². The van der Waals surface area contributed by atoms with Gasteiger partial charge in [0.15, 0.2) is 0 Å². The van der Waals surface area contributed by atoms with E-state index in [1.54, 1.807) is 0 Å². The van der Waals surface area contributed by atoms with Gasteiger partial charge in [-0.05, 0) is 43.5 Å². The van der Waals surface area contributed by atoms with Crippen LogP contribution in [0.15, 0.2) is 42.5 Å². The Labute approximate surface area is 127 Å². The predicted molar refractivity (Wildman–Crippen MR) is 88.1 cm³/mol. The van der Waals surface area contributed by atoms with Gasteiger partial charge in [0.2, 0.25) is 10.0 Å². The maximum absolute atomic E-state index is 12.2. The van der Waals surface area contributed by atoms with Gasteiger partial charge < -0.3 is 0 Å². The molecule has 0 aliphatic carbocycles. The van der Waals surface area contributed by atoms with Crippen LogP contribution in [0.3, 0.4) is 0 Å². The molecule has 0 aliphatic rings. The minimum Gasteiger partial charge on any atom is -0.266 e. The number of benzene rings is 2. The first-order valence-electron chi connectivity index (χ1n) is 6.88. The van der Waals surface area contributed by atoms with Crippen LogP contribution in [0.2, 0.25) is 0 Å². The normalized spacial score (nSPS) is 11.4. The molecule has 0 atom stereocenters. The van der Waals surface area contributed by atoms with Gasteiger partial charge in [-0.2, -0.15) is 0 Å². The molecule has 21 heavy (non-hydrogen) atoms. The molecule has 0 spiro atoms. The molecule has 2 aromatic carbocycles. The van der Waals surface area contributed by atoms with Crippen molar-refractivity contribution in [1.29, 1.82) is 0 Å². The molecule has 0 heterocycles. The van der Waals surface area contributed by atoms with Gasteiger partial charge in [0.1, 0.15) is 0 Å². The molecule has 112 valence electrons. The summed E-state index contributed by atoms with van der Waals surface area (Å²) >= 11 is 0. The minimum absolute atomic E-state index is 0.351. The van der Waals surface area contributed by atoms with Crippen LogP contribution in [0.1, 0.15) is 22.3 Å². The van der Waals surface area contributed by atoms with E-state index < -0.39 is 10.0 Å². The Bertz CT molecular complexity index is 734. The average molecular weight is 303 g/mol. The van der Waals surface area contributed by atoms with E-state index in [0.717, 1.165) is 27.9 Å². The summed E-state index contributed by atoms with van der Waals surface area (Å²) in [4.78, 5) is 0. The second kappa shape index (κ2) is 5.90. The third-order valence-electron chi connectivity index (χ3n) is 3.69. The molecule has 2 rings (SSSR count). The Morgan fingerprint density at radius 3 is 2.14 bits per heavy atom. The number of hydrogen-bond acceptors (Lipinski definition) is 2. The Morgan fingerprint density at radius 1 is 0.952 bits per heavy atom. The molecular weight excluding hydrogens is 282 g/mol. The zero-order valence-electron chi connectivity index (χ0n) is 12.9.